The molecule has 3 aliphatic heterocycles. The van der Waals surface area contributed by atoms with E-state index in [0.717, 1.165) is 0 Å². The lowest BCUT2D eigenvalue weighted by atomic mass is 10.1. The Balaban J connectivity index is 1.57. The van der Waals surface area contributed by atoms with Crippen LogP contribution >= 0.6 is 0 Å². The molecule has 0 radical (unpaired) electrons. The molecule has 3 aliphatic rings. The van der Waals surface area contributed by atoms with Crippen LogP contribution in [0.1, 0.15) is 33.1 Å². The van der Waals surface area contributed by atoms with Crippen molar-refractivity contribution >= 4 is 33.3 Å². The number of carbonyl (C=O) groups is 3. The Morgan fingerprint density at radius 3 is 2.45 bits per heavy atom. The van der Waals surface area contributed by atoms with E-state index in [0.29, 0.717) is 44.9 Å². The molecule has 0 saturated carbocycles. The van der Waals surface area contributed by atoms with Crippen molar-refractivity contribution in [3.63, 3.8) is 0 Å². The number of hydrogen-bond donors (Lipinski definition) is 1. The van der Waals surface area contributed by atoms with Gasteiger partial charge in [0.05, 0.1) is 24.1 Å². The monoisotopic (exact) mass is 427 g/mol. The van der Waals surface area contributed by atoms with E-state index in [2.05, 4.69) is 10.4 Å². The number of hydrazone groups is 1. The quantitative estimate of drug-likeness (QED) is 0.590. The van der Waals surface area contributed by atoms with Crippen molar-refractivity contribution in [1.82, 2.24) is 20.1 Å². The summed E-state index contributed by atoms with van der Waals surface area (Å²) in [5.74, 6) is -0.524. The van der Waals surface area contributed by atoms with Crippen molar-refractivity contribution < 1.29 is 22.8 Å². The predicted octanol–water partition coefficient (Wildman–Crippen LogP) is -1.18. The van der Waals surface area contributed by atoms with E-state index in [4.69, 9.17) is 0 Å². The Morgan fingerprint density at radius 2 is 1.86 bits per heavy atom. The molecule has 3 rings (SSSR count). The summed E-state index contributed by atoms with van der Waals surface area (Å²) in [4.78, 5) is 40.7. The number of piperazine rings is 1. The van der Waals surface area contributed by atoms with Gasteiger partial charge < -0.3 is 10.2 Å². The average molecular weight is 428 g/mol. The van der Waals surface area contributed by atoms with Gasteiger partial charge in [-0.2, -0.15) is 5.10 Å². The predicted molar refractivity (Wildman–Crippen MR) is 107 cm³/mol. The molecule has 1 atom stereocenters. The zero-order chi connectivity index (χ0) is 21.2. The molecule has 1 unspecified atom stereocenters. The van der Waals surface area contributed by atoms with Crippen LogP contribution < -0.4 is 5.32 Å². The molecule has 3 amide bonds. The summed E-state index contributed by atoms with van der Waals surface area (Å²) in [6.07, 6.45) is 0.789. The summed E-state index contributed by atoms with van der Waals surface area (Å²) in [5.41, 5.74) is 0.305. The summed E-state index contributed by atoms with van der Waals surface area (Å²) < 4.78 is 23.4. The highest BCUT2D eigenvalue weighted by molar-refractivity contribution is 7.91. The maximum Gasteiger partial charge on any atom is 0.270 e. The second kappa shape index (κ2) is 8.78. The molecule has 0 aromatic rings. The van der Waals surface area contributed by atoms with Crippen molar-refractivity contribution in [2.45, 2.75) is 45.2 Å². The molecule has 2 fully saturated rings. The van der Waals surface area contributed by atoms with Gasteiger partial charge >= 0.3 is 0 Å². The second-order valence-electron chi connectivity index (χ2n) is 8.13. The van der Waals surface area contributed by atoms with Gasteiger partial charge in [0, 0.05) is 45.1 Å². The van der Waals surface area contributed by atoms with Gasteiger partial charge in [-0.3, -0.25) is 19.3 Å². The molecule has 2 saturated heterocycles. The minimum Gasteiger partial charge on any atom is -0.353 e. The van der Waals surface area contributed by atoms with Gasteiger partial charge in [-0.25, -0.2) is 13.4 Å². The van der Waals surface area contributed by atoms with Crippen LogP contribution in [0.4, 0.5) is 0 Å². The lowest BCUT2D eigenvalue weighted by Gasteiger charge is -2.35. The van der Waals surface area contributed by atoms with Crippen molar-refractivity contribution in [3.05, 3.63) is 0 Å². The Kier molecular flexibility index (Phi) is 6.57. The fraction of sp³-hybridized carbons (Fsp3) is 0.778. The molecule has 0 spiro atoms. The van der Waals surface area contributed by atoms with Gasteiger partial charge in [0.15, 0.2) is 9.84 Å². The molecule has 29 heavy (non-hydrogen) atoms. The Hall–Kier alpha value is -2.01. The van der Waals surface area contributed by atoms with Crippen molar-refractivity contribution in [3.8, 4) is 0 Å². The first-order chi connectivity index (χ1) is 13.6. The minimum atomic E-state index is -3.15. The Labute approximate surface area is 171 Å². The first-order valence-electron chi connectivity index (χ1n) is 10.1. The molecule has 3 heterocycles. The molecular weight excluding hydrogens is 398 g/mol. The fourth-order valence-electron chi connectivity index (χ4n) is 3.84. The van der Waals surface area contributed by atoms with E-state index in [1.807, 2.05) is 18.7 Å². The van der Waals surface area contributed by atoms with E-state index in [9.17, 15) is 22.8 Å². The first kappa shape index (κ1) is 21.7. The summed E-state index contributed by atoms with van der Waals surface area (Å²) in [6.45, 7) is 6.28. The minimum absolute atomic E-state index is 0.0305. The molecule has 0 aromatic carbocycles. The third-order valence-electron chi connectivity index (χ3n) is 5.34. The zero-order valence-electron chi connectivity index (χ0n) is 17.0. The van der Waals surface area contributed by atoms with Crippen LogP contribution in [-0.4, -0.2) is 103 Å². The van der Waals surface area contributed by atoms with Gasteiger partial charge in [0.25, 0.3) is 5.91 Å². The normalized spacial score (nSPS) is 25.3. The third kappa shape index (κ3) is 5.53. The van der Waals surface area contributed by atoms with Gasteiger partial charge in [0.2, 0.25) is 11.8 Å². The number of nitrogens with one attached hydrogen (secondary N) is 1. The largest absolute Gasteiger partial charge is 0.353 e. The molecule has 11 heteroatoms. The van der Waals surface area contributed by atoms with Crippen LogP contribution in [0, 0.1) is 0 Å². The second-order valence-corrected chi connectivity index (χ2v) is 10.4. The highest BCUT2D eigenvalue weighted by Crippen LogP contribution is 2.22. The number of amides is 3. The SMILES string of the molecule is CC(C)NC(=O)CN1CCN(C(=O)C2=NN(C3CCS(=O)(=O)C3)C(=O)CC2)CC1. The average Bonchev–Trinajstić information content (AvgIpc) is 3.01. The van der Waals surface area contributed by atoms with E-state index >= 15 is 0 Å². The van der Waals surface area contributed by atoms with Crippen LogP contribution in [-0.2, 0) is 24.2 Å². The lowest BCUT2D eigenvalue weighted by Crippen LogP contribution is -2.53. The maximum atomic E-state index is 12.9. The first-order valence-corrected chi connectivity index (χ1v) is 11.9. The summed E-state index contributed by atoms with van der Waals surface area (Å²) in [7, 11) is -3.15. The van der Waals surface area contributed by atoms with Crippen LogP contribution in [0.2, 0.25) is 0 Å². The van der Waals surface area contributed by atoms with Crippen LogP contribution in [0.15, 0.2) is 5.10 Å². The topological polar surface area (TPSA) is 119 Å². The van der Waals surface area contributed by atoms with Gasteiger partial charge in [-0.1, -0.05) is 0 Å². The van der Waals surface area contributed by atoms with Crippen molar-refractivity contribution in [2.75, 3.05) is 44.2 Å². The molecule has 0 aliphatic carbocycles. The summed E-state index contributed by atoms with van der Waals surface area (Å²) in [6, 6.07) is -0.387. The highest BCUT2D eigenvalue weighted by atomic mass is 32.2. The smallest absolute Gasteiger partial charge is 0.270 e. The summed E-state index contributed by atoms with van der Waals surface area (Å²) >= 11 is 0. The Bertz CT molecular complexity index is 801. The fourth-order valence-corrected chi connectivity index (χ4v) is 5.53. The van der Waals surface area contributed by atoms with Gasteiger partial charge in [0.1, 0.15) is 5.71 Å². The van der Waals surface area contributed by atoms with Crippen molar-refractivity contribution in [1.29, 1.82) is 0 Å². The number of sulfone groups is 1. The van der Waals surface area contributed by atoms with Crippen LogP contribution in [0.25, 0.3) is 0 Å². The lowest BCUT2D eigenvalue weighted by molar-refractivity contribution is -0.134. The van der Waals surface area contributed by atoms with E-state index in [-0.39, 0.29) is 48.1 Å². The van der Waals surface area contributed by atoms with Crippen molar-refractivity contribution in [2.24, 2.45) is 5.10 Å². The molecule has 10 nitrogen and oxygen atoms in total. The molecule has 0 bridgehead atoms. The standard InChI is InChI=1S/C18H29N5O5S/c1-13(2)19-16(24)11-21-6-8-22(9-7-21)18(26)15-3-4-17(25)23(20-15)14-5-10-29(27,28)12-14/h13-14H,3-12H2,1-2H3,(H,19,24). The zero-order valence-corrected chi connectivity index (χ0v) is 17.8. The molecular formula is C18H29N5O5S. The molecule has 1 N–H and O–H groups in total. The number of rotatable bonds is 5. The van der Waals surface area contributed by atoms with Crippen LogP contribution in [0.3, 0.4) is 0 Å². The Morgan fingerprint density at radius 1 is 1.17 bits per heavy atom. The van der Waals surface area contributed by atoms with E-state index in [1.165, 1.54) is 5.01 Å². The molecule has 162 valence electrons. The van der Waals surface area contributed by atoms with E-state index in [1.54, 1.807) is 4.90 Å². The van der Waals surface area contributed by atoms with Crippen LogP contribution in [0.5, 0.6) is 0 Å². The highest BCUT2D eigenvalue weighted by Gasteiger charge is 2.38. The number of hydrogen-bond acceptors (Lipinski definition) is 7. The van der Waals surface area contributed by atoms with E-state index < -0.39 is 15.9 Å². The number of nitrogens with zero attached hydrogens (tertiary/aromatic N) is 4. The van der Waals surface area contributed by atoms with Gasteiger partial charge in [-0.15, -0.1) is 0 Å². The third-order valence-corrected chi connectivity index (χ3v) is 7.09. The van der Waals surface area contributed by atoms with Gasteiger partial charge in [-0.05, 0) is 20.3 Å². The molecule has 0 aromatic heterocycles. The summed E-state index contributed by atoms with van der Waals surface area (Å²) in [5, 5.41) is 8.33. The maximum absolute atomic E-state index is 12.9. The number of carbonyl (C=O) groups excluding carboxylic acids is 3.